The van der Waals surface area contributed by atoms with E-state index in [9.17, 15) is 14.7 Å². The summed E-state index contributed by atoms with van der Waals surface area (Å²) in [7, 11) is 0. The van der Waals surface area contributed by atoms with Crippen LogP contribution in [0.3, 0.4) is 0 Å². The first kappa shape index (κ1) is 11.4. The van der Waals surface area contributed by atoms with Gasteiger partial charge in [-0.3, -0.25) is 4.79 Å². The summed E-state index contributed by atoms with van der Waals surface area (Å²) in [4.78, 5) is 22.0. The van der Waals surface area contributed by atoms with Crippen molar-refractivity contribution in [2.75, 3.05) is 5.32 Å². The van der Waals surface area contributed by atoms with Gasteiger partial charge in [-0.2, -0.15) is 0 Å². The summed E-state index contributed by atoms with van der Waals surface area (Å²) in [5.41, 5.74) is 0.556. The van der Waals surface area contributed by atoms with Crippen molar-refractivity contribution in [3.63, 3.8) is 0 Å². The number of rotatable bonds is 2. The summed E-state index contributed by atoms with van der Waals surface area (Å²) in [6.07, 6.45) is -2.20. The maximum Gasteiger partial charge on any atom is 0.337 e. The number of carbonyl (C=O) groups excluding carboxylic acids is 1. The standard InChI is InChI=1S/C11H11NO5/c1-5-10(14)12-7-4-6(9(13)11(15)16)2-3-8(7)17-5/h2-5,9,13H,1H3,(H,12,14)(H,15,16). The van der Waals surface area contributed by atoms with E-state index in [0.29, 0.717) is 11.4 Å². The molecule has 0 saturated carbocycles. The number of carboxylic acid groups (broad SMARTS) is 1. The molecule has 0 radical (unpaired) electrons. The van der Waals surface area contributed by atoms with Crippen LogP contribution in [-0.2, 0) is 9.59 Å². The molecule has 1 aliphatic rings. The number of carboxylic acids is 1. The summed E-state index contributed by atoms with van der Waals surface area (Å²) in [5, 5.41) is 20.6. The minimum atomic E-state index is -1.61. The Morgan fingerprint density at radius 2 is 2.24 bits per heavy atom. The third kappa shape index (κ3) is 2.07. The van der Waals surface area contributed by atoms with Gasteiger partial charge in [0.2, 0.25) is 0 Å². The Hall–Kier alpha value is -2.08. The summed E-state index contributed by atoms with van der Waals surface area (Å²) < 4.78 is 5.30. The average molecular weight is 237 g/mol. The molecule has 0 aromatic heterocycles. The second kappa shape index (κ2) is 4.06. The predicted molar refractivity (Wildman–Crippen MR) is 57.8 cm³/mol. The minimum absolute atomic E-state index is 0.190. The van der Waals surface area contributed by atoms with Crippen molar-refractivity contribution in [1.82, 2.24) is 0 Å². The molecule has 1 amide bonds. The minimum Gasteiger partial charge on any atom is -0.479 e. The van der Waals surface area contributed by atoms with E-state index in [1.165, 1.54) is 18.2 Å². The molecule has 6 nitrogen and oxygen atoms in total. The van der Waals surface area contributed by atoms with Crippen LogP contribution in [0.15, 0.2) is 18.2 Å². The van der Waals surface area contributed by atoms with Gasteiger partial charge in [0.1, 0.15) is 5.75 Å². The number of amides is 1. The van der Waals surface area contributed by atoms with Gasteiger partial charge >= 0.3 is 5.97 Å². The van der Waals surface area contributed by atoms with Crippen molar-refractivity contribution in [1.29, 1.82) is 0 Å². The molecule has 2 unspecified atom stereocenters. The van der Waals surface area contributed by atoms with Crippen molar-refractivity contribution in [2.45, 2.75) is 19.1 Å². The molecule has 0 saturated heterocycles. The zero-order valence-electron chi connectivity index (χ0n) is 9.01. The van der Waals surface area contributed by atoms with Gasteiger partial charge in [-0.1, -0.05) is 6.07 Å². The first-order valence-electron chi connectivity index (χ1n) is 5.01. The van der Waals surface area contributed by atoms with E-state index in [2.05, 4.69) is 5.32 Å². The number of hydrogen-bond donors (Lipinski definition) is 3. The molecule has 0 spiro atoms. The fraction of sp³-hybridized carbons (Fsp3) is 0.273. The Bertz CT molecular complexity index is 485. The highest BCUT2D eigenvalue weighted by Crippen LogP contribution is 2.32. The molecule has 1 heterocycles. The van der Waals surface area contributed by atoms with E-state index in [0.717, 1.165) is 0 Å². The lowest BCUT2D eigenvalue weighted by atomic mass is 10.1. The molecular formula is C11H11NO5. The van der Waals surface area contributed by atoms with Crippen LogP contribution < -0.4 is 10.1 Å². The van der Waals surface area contributed by atoms with Gasteiger partial charge < -0.3 is 20.3 Å². The van der Waals surface area contributed by atoms with Gasteiger partial charge in [0, 0.05) is 0 Å². The fourth-order valence-electron chi connectivity index (χ4n) is 1.54. The molecular weight excluding hydrogens is 226 g/mol. The topological polar surface area (TPSA) is 95.9 Å². The number of aliphatic carboxylic acids is 1. The van der Waals surface area contributed by atoms with Crippen LogP contribution in [0.1, 0.15) is 18.6 Å². The zero-order valence-corrected chi connectivity index (χ0v) is 9.01. The Balaban J connectivity index is 2.35. The molecule has 2 rings (SSSR count). The van der Waals surface area contributed by atoms with Crippen LogP contribution in [-0.4, -0.2) is 28.2 Å². The van der Waals surface area contributed by atoms with Crippen molar-refractivity contribution >= 4 is 17.6 Å². The van der Waals surface area contributed by atoms with E-state index in [4.69, 9.17) is 9.84 Å². The van der Waals surface area contributed by atoms with Crippen molar-refractivity contribution in [3.8, 4) is 5.75 Å². The first-order valence-corrected chi connectivity index (χ1v) is 5.01. The van der Waals surface area contributed by atoms with Gasteiger partial charge in [-0.05, 0) is 24.6 Å². The van der Waals surface area contributed by atoms with Crippen LogP contribution >= 0.6 is 0 Å². The van der Waals surface area contributed by atoms with Crippen molar-refractivity contribution in [3.05, 3.63) is 23.8 Å². The SMILES string of the molecule is CC1Oc2ccc(C(O)C(=O)O)cc2NC1=O. The fourth-order valence-corrected chi connectivity index (χ4v) is 1.54. The predicted octanol–water partition coefficient (Wildman–Crippen LogP) is 0.524. The normalized spacial score (nSPS) is 19.9. The summed E-state index contributed by atoms with van der Waals surface area (Å²) in [6, 6.07) is 4.35. The molecule has 2 atom stereocenters. The Kier molecular flexibility index (Phi) is 2.72. The quantitative estimate of drug-likeness (QED) is 0.697. The van der Waals surface area contributed by atoms with Crippen LogP contribution in [0.25, 0.3) is 0 Å². The van der Waals surface area contributed by atoms with Crippen LogP contribution in [0.2, 0.25) is 0 Å². The lowest BCUT2D eigenvalue weighted by Crippen LogP contribution is -2.34. The summed E-state index contributed by atoms with van der Waals surface area (Å²) in [5.74, 6) is -1.20. The largest absolute Gasteiger partial charge is 0.479 e. The zero-order chi connectivity index (χ0) is 12.6. The van der Waals surface area contributed by atoms with Crippen LogP contribution in [0.4, 0.5) is 5.69 Å². The Morgan fingerprint density at radius 3 is 2.88 bits per heavy atom. The van der Waals surface area contributed by atoms with Crippen LogP contribution in [0, 0.1) is 0 Å². The highest BCUT2D eigenvalue weighted by molar-refractivity contribution is 5.97. The second-order valence-corrected chi connectivity index (χ2v) is 3.75. The molecule has 17 heavy (non-hydrogen) atoms. The highest BCUT2D eigenvalue weighted by atomic mass is 16.5. The number of hydrogen-bond acceptors (Lipinski definition) is 4. The molecule has 0 fully saturated rings. The number of aliphatic hydroxyl groups excluding tert-OH is 1. The summed E-state index contributed by atoms with van der Waals surface area (Å²) >= 11 is 0. The Labute approximate surface area is 96.8 Å². The molecule has 1 aromatic carbocycles. The number of carbonyl (C=O) groups is 2. The van der Waals surface area contributed by atoms with Gasteiger partial charge in [0.05, 0.1) is 5.69 Å². The Morgan fingerprint density at radius 1 is 1.53 bits per heavy atom. The molecule has 1 aliphatic heterocycles. The first-order chi connectivity index (χ1) is 7.99. The smallest absolute Gasteiger partial charge is 0.337 e. The molecule has 0 aliphatic carbocycles. The number of fused-ring (bicyclic) bond motifs is 1. The lowest BCUT2D eigenvalue weighted by Gasteiger charge is -2.24. The number of anilines is 1. The lowest BCUT2D eigenvalue weighted by molar-refractivity contribution is -0.146. The monoisotopic (exact) mass is 237 g/mol. The van der Waals surface area contributed by atoms with Gasteiger partial charge in [0.15, 0.2) is 12.2 Å². The molecule has 1 aromatic rings. The number of aliphatic hydroxyl groups is 1. The van der Waals surface area contributed by atoms with E-state index >= 15 is 0 Å². The molecule has 6 heteroatoms. The van der Waals surface area contributed by atoms with E-state index in [1.54, 1.807) is 6.92 Å². The van der Waals surface area contributed by atoms with E-state index < -0.39 is 18.2 Å². The van der Waals surface area contributed by atoms with Gasteiger partial charge in [0.25, 0.3) is 5.91 Å². The van der Waals surface area contributed by atoms with Crippen LogP contribution in [0.5, 0.6) is 5.75 Å². The van der Waals surface area contributed by atoms with Gasteiger partial charge in [-0.25, -0.2) is 4.79 Å². The third-order valence-electron chi connectivity index (χ3n) is 2.48. The van der Waals surface area contributed by atoms with Crippen molar-refractivity contribution in [2.24, 2.45) is 0 Å². The maximum atomic E-state index is 11.4. The average Bonchev–Trinajstić information content (AvgIpc) is 2.29. The molecule has 90 valence electrons. The number of nitrogens with one attached hydrogen (secondary N) is 1. The van der Waals surface area contributed by atoms with E-state index in [-0.39, 0.29) is 11.5 Å². The third-order valence-corrected chi connectivity index (χ3v) is 2.48. The maximum absolute atomic E-state index is 11.4. The number of ether oxygens (including phenoxy) is 1. The van der Waals surface area contributed by atoms with E-state index in [1.807, 2.05) is 0 Å². The summed E-state index contributed by atoms with van der Waals surface area (Å²) in [6.45, 7) is 1.61. The number of benzene rings is 1. The highest BCUT2D eigenvalue weighted by Gasteiger charge is 2.25. The molecule has 3 N–H and O–H groups in total. The van der Waals surface area contributed by atoms with Crippen molar-refractivity contribution < 1.29 is 24.5 Å². The van der Waals surface area contributed by atoms with Gasteiger partial charge in [-0.15, -0.1) is 0 Å². The molecule has 0 bridgehead atoms. The second-order valence-electron chi connectivity index (χ2n) is 3.75.